The van der Waals surface area contributed by atoms with E-state index in [1.54, 1.807) is 4.90 Å². The number of allylic oxidation sites excluding steroid dienone is 1. The molecule has 1 aromatic heterocycles. The summed E-state index contributed by atoms with van der Waals surface area (Å²) < 4.78 is 7.59. The van der Waals surface area contributed by atoms with Crippen molar-refractivity contribution in [2.24, 2.45) is 13.0 Å². The van der Waals surface area contributed by atoms with Crippen LogP contribution < -0.4 is 0 Å². The van der Waals surface area contributed by atoms with Crippen molar-refractivity contribution in [1.82, 2.24) is 9.47 Å². The molecule has 2 aromatic rings. The molecular formula is C25H31ClN2O3. The monoisotopic (exact) mass is 442 g/mol. The van der Waals surface area contributed by atoms with Gasteiger partial charge in [0.15, 0.2) is 5.78 Å². The van der Waals surface area contributed by atoms with E-state index in [0.29, 0.717) is 19.0 Å². The number of para-hydroxylation sites is 1. The summed E-state index contributed by atoms with van der Waals surface area (Å²) in [5, 5.41) is 1.14. The van der Waals surface area contributed by atoms with E-state index in [0.717, 1.165) is 47.8 Å². The topological polar surface area (TPSA) is 51.5 Å². The number of fused-ring (bicyclic) bond motifs is 3. The normalized spacial score (nSPS) is 19.3. The lowest BCUT2D eigenvalue weighted by atomic mass is 9.86. The minimum absolute atomic E-state index is 0.136. The summed E-state index contributed by atoms with van der Waals surface area (Å²) in [4.78, 5) is 27.8. The first-order chi connectivity index (χ1) is 14.7. The van der Waals surface area contributed by atoms with Gasteiger partial charge in [-0.05, 0) is 58.1 Å². The van der Waals surface area contributed by atoms with Crippen molar-refractivity contribution in [1.29, 1.82) is 0 Å². The molecule has 1 aliphatic carbocycles. The largest absolute Gasteiger partial charge is 0.444 e. The number of benzene rings is 1. The van der Waals surface area contributed by atoms with Crippen molar-refractivity contribution in [3.05, 3.63) is 41.1 Å². The molecule has 31 heavy (non-hydrogen) atoms. The number of carbonyl (C=O) groups is 2. The van der Waals surface area contributed by atoms with E-state index in [1.807, 2.05) is 44.5 Å². The molecule has 0 N–H and O–H groups in total. The van der Waals surface area contributed by atoms with Gasteiger partial charge in [0, 0.05) is 48.4 Å². The standard InChI is InChI=1S/C25H31ClN2O3/c1-25(2,3)31-24(30)28-14-11-16(12-15-28)20-18(9-7-13-26)23(29)22-21(20)17-8-5-6-10-19(17)27(22)4/h5-6,8,10,18H,7,9,11-15H2,1-4H3. The highest BCUT2D eigenvalue weighted by Crippen LogP contribution is 2.47. The summed E-state index contributed by atoms with van der Waals surface area (Å²) in [6.07, 6.45) is 2.85. The Morgan fingerprint density at radius 2 is 1.87 bits per heavy atom. The van der Waals surface area contributed by atoms with Gasteiger partial charge in [-0.3, -0.25) is 4.79 Å². The number of ether oxygens (including phenoxy) is 1. The molecule has 1 fully saturated rings. The van der Waals surface area contributed by atoms with Crippen LogP contribution in [0.25, 0.3) is 16.5 Å². The minimum atomic E-state index is -0.502. The molecule has 1 amide bonds. The Labute approximate surface area is 189 Å². The van der Waals surface area contributed by atoms with Crippen molar-refractivity contribution >= 4 is 40.0 Å². The number of aromatic nitrogens is 1. The zero-order valence-corrected chi connectivity index (χ0v) is 19.6. The molecule has 1 aliphatic heterocycles. The second kappa shape index (κ2) is 8.34. The van der Waals surface area contributed by atoms with Crippen LogP contribution in [0.5, 0.6) is 0 Å². The number of halogens is 1. The van der Waals surface area contributed by atoms with E-state index in [1.165, 1.54) is 11.1 Å². The molecule has 1 atom stereocenters. The van der Waals surface area contributed by atoms with Gasteiger partial charge in [0.05, 0.1) is 5.69 Å². The molecule has 2 heterocycles. The molecule has 6 heteroatoms. The number of rotatable bonds is 3. The number of ketones is 1. The van der Waals surface area contributed by atoms with Crippen LogP contribution in [0.15, 0.2) is 29.8 Å². The summed E-state index contributed by atoms with van der Waals surface area (Å²) in [6.45, 7) is 6.89. The van der Waals surface area contributed by atoms with Crippen LogP contribution in [0.4, 0.5) is 4.79 Å². The zero-order chi connectivity index (χ0) is 22.3. The minimum Gasteiger partial charge on any atom is -0.444 e. The Hall–Kier alpha value is -2.27. The van der Waals surface area contributed by atoms with Crippen LogP contribution in [-0.2, 0) is 11.8 Å². The molecule has 4 rings (SSSR count). The molecule has 166 valence electrons. The number of amides is 1. The smallest absolute Gasteiger partial charge is 0.410 e. The highest BCUT2D eigenvalue weighted by atomic mass is 35.5. The Morgan fingerprint density at radius 3 is 2.52 bits per heavy atom. The fraction of sp³-hybridized carbons (Fsp3) is 0.520. The van der Waals surface area contributed by atoms with Crippen LogP contribution >= 0.6 is 11.6 Å². The maximum absolute atomic E-state index is 13.5. The number of likely N-dealkylation sites (tertiary alicyclic amines) is 1. The average Bonchev–Trinajstić information content (AvgIpc) is 3.18. The average molecular weight is 443 g/mol. The lowest BCUT2D eigenvalue weighted by molar-refractivity contribution is 0.0236. The van der Waals surface area contributed by atoms with Gasteiger partial charge in [-0.1, -0.05) is 23.8 Å². The van der Waals surface area contributed by atoms with E-state index in [9.17, 15) is 9.59 Å². The SMILES string of the molecule is Cn1c2c(c3ccccc31)C(=C1CCN(C(=O)OC(C)(C)C)CC1)C(CCCCl)C2=O. The van der Waals surface area contributed by atoms with Gasteiger partial charge in [-0.15, -0.1) is 11.6 Å². The first-order valence-corrected chi connectivity index (χ1v) is 11.6. The molecule has 0 saturated carbocycles. The third-order valence-corrected chi connectivity index (χ3v) is 6.57. The highest BCUT2D eigenvalue weighted by molar-refractivity contribution is 6.20. The van der Waals surface area contributed by atoms with Gasteiger partial charge in [0.2, 0.25) is 0 Å². The number of hydrogen-bond acceptors (Lipinski definition) is 3. The fourth-order valence-corrected chi connectivity index (χ4v) is 5.11. The summed E-state index contributed by atoms with van der Waals surface area (Å²) in [5.74, 6) is 0.620. The molecule has 0 radical (unpaired) electrons. The lowest BCUT2D eigenvalue weighted by Crippen LogP contribution is -2.40. The number of alkyl halides is 1. The van der Waals surface area contributed by atoms with E-state index < -0.39 is 5.60 Å². The van der Waals surface area contributed by atoms with Crippen molar-refractivity contribution in [3.8, 4) is 0 Å². The van der Waals surface area contributed by atoms with E-state index in [4.69, 9.17) is 16.3 Å². The second-order valence-corrected chi connectivity index (χ2v) is 9.91. The van der Waals surface area contributed by atoms with Gasteiger partial charge in [-0.2, -0.15) is 0 Å². The quantitative estimate of drug-likeness (QED) is 0.565. The molecule has 1 aromatic carbocycles. The Kier molecular flexibility index (Phi) is 5.91. The molecular weight excluding hydrogens is 412 g/mol. The summed E-state index contributed by atoms with van der Waals surface area (Å²) in [5.41, 5.74) is 4.98. The van der Waals surface area contributed by atoms with Crippen LogP contribution in [-0.4, -0.2) is 45.9 Å². The Morgan fingerprint density at radius 1 is 1.19 bits per heavy atom. The Balaban J connectivity index is 1.71. The molecule has 2 aliphatic rings. The predicted molar refractivity (Wildman–Crippen MR) is 125 cm³/mol. The second-order valence-electron chi connectivity index (χ2n) is 9.53. The van der Waals surface area contributed by atoms with Gasteiger partial charge in [0.1, 0.15) is 5.60 Å². The van der Waals surface area contributed by atoms with E-state index in [2.05, 4.69) is 12.1 Å². The number of piperidine rings is 1. The number of nitrogens with zero attached hydrogens (tertiary/aromatic N) is 2. The third kappa shape index (κ3) is 4.00. The fourth-order valence-electron chi connectivity index (χ4n) is 4.96. The van der Waals surface area contributed by atoms with E-state index >= 15 is 0 Å². The van der Waals surface area contributed by atoms with Gasteiger partial charge in [-0.25, -0.2) is 4.79 Å². The van der Waals surface area contributed by atoms with Crippen molar-refractivity contribution in [2.45, 2.75) is 52.1 Å². The molecule has 1 saturated heterocycles. The number of hydrogen-bond donors (Lipinski definition) is 0. The van der Waals surface area contributed by atoms with Gasteiger partial charge in [0.25, 0.3) is 0 Å². The number of Topliss-reactive ketones (excluding diaryl/α,β-unsaturated/α-hetero) is 1. The molecule has 0 bridgehead atoms. The first kappa shape index (κ1) is 21.9. The van der Waals surface area contributed by atoms with Crippen LogP contribution in [0.2, 0.25) is 0 Å². The summed E-state index contributed by atoms with van der Waals surface area (Å²) >= 11 is 5.99. The Bertz CT molecular complexity index is 1050. The van der Waals surface area contributed by atoms with Crippen LogP contribution in [0, 0.1) is 5.92 Å². The molecule has 0 spiro atoms. The zero-order valence-electron chi connectivity index (χ0n) is 18.8. The first-order valence-electron chi connectivity index (χ1n) is 11.1. The lowest BCUT2D eigenvalue weighted by Gasteiger charge is -2.32. The third-order valence-electron chi connectivity index (χ3n) is 6.30. The van der Waals surface area contributed by atoms with Crippen LogP contribution in [0.1, 0.15) is 62.5 Å². The van der Waals surface area contributed by atoms with Gasteiger partial charge < -0.3 is 14.2 Å². The summed E-state index contributed by atoms with van der Waals surface area (Å²) in [6, 6.07) is 8.23. The van der Waals surface area contributed by atoms with Gasteiger partial charge >= 0.3 is 6.09 Å². The maximum Gasteiger partial charge on any atom is 0.410 e. The number of aryl methyl sites for hydroxylation is 1. The van der Waals surface area contributed by atoms with Crippen molar-refractivity contribution in [3.63, 3.8) is 0 Å². The maximum atomic E-state index is 13.5. The highest BCUT2D eigenvalue weighted by Gasteiger charge is 2.41. The van der Waals surface area contributed by atoms with E-state index in [-0.39, 0.29) is 17.8 Å². The molecule has 5 nitrogen and oxygen atoms in total. The van der Waals surface area contributed by atoms with Crippen LogP contribution in [0.3, 0.4) is 0 Å². The number of carbonyl (C=O) groups excluding carboxylic acids is 2. The van der Waals surface area contributed by atoms with Crippen molar-refractivity contribution < 1.29 is 14.3 Å². The summed E-state index contributed by atoms with van der Waals surface area (Å²) in [7, 11) is 1.98. The molecule has 1 unspecified atom stereocenters. The van der Waals surface area contributed by atoms with Crippen molar-refractivity contribution in [2.75, 3.05) is 19.0 Å². The predicted octanol–water partition coefficient (Wildman–Crippen LogP) is 5.79.